The lowest BCUT2D eigenvalue weighted by Crippen LogP contribution is -2.32. The van der Waals surface area contributed by atoms with Gasteiger partial charge in [-0.2, -0.15) is 0 Å². The number of rotatable bonds is 7. The van der Waals surface area contributed by atoms with Gasteiger partial charge in [-0.05, 0) is 54.0 Å². The van der Waals surface area contributed by atoms with Crippen LogP contribution in [0.5, 0.6) is 5.75 Å². The molecule has 0 atom stereocenters. The lowest BCUT2D eigenvalue weighted by molar-refractivity contribution is -0.118. The largest absolute Gasteiger partial charge is 0.492 e. The minimum absolute atomic E-state index is 0.0183. The summed E-state index contributed by atoms with van der Waals surface area (Å²) in [4.78, 5) is 14.1. The molecule has 1 aliphatic heterocycles. The number of nitrogens with one attached hydrogen (secondary N) is 1. The highest BCUT2D eigenvalue weighted by molar-refractivity contribution is 6.30. The molecule has 2 aromatic carbocycles. The maximum Gasteiger partial charge on any atom is 0.226 e. The average Bonchev–Trinajstić information content (AvgIpc) is 2.70. The summed E-state index contributed by atoms with van der Waals surface area (Å²) >= 11 is 5.96. The highest BCUT2D eigenvalue weighted by Crippen LogP contribution is 2.23. The number of amides is 1. The Morgan fingerprint density at radius 3 is 2.46 bits per heavy atom. The fourth-order valence-electron chi connectivity index (χ4n) is 3.05. The van der Waals surface area contributed by atoms with E-state index in [9.17, 15) is 4.79 Å². The molecule has 5 heteroatoms. The molecule has 28 heavy (non-hydrogen) atoms. The molecule has 1 heterocycles. The monoisotopic (exact) mass is 398 g/mol. The second-order valence-corrected chi connectivity index (χ2v) is 7.74. The van der Waals surface area contributed by atoms with Crippen LogP contribution in [-0.4, -0.2) is 37.0 Å². The van der Waals surface area contributed by atoms with Gasteiger partial charge in [-0.3, -0.25) is 9.69 Å². The molecule has 0 radical (unpaired) electrons. The van der Waals surface area contributed by atoms with Crippen LogP contribution in [0.2, 0.25) is 5.02 Å². The molecule has 0 bridgehead atoms. The van der Waals surface area contributed by atoms with Gasteiger partial charge in [0.1, 0.15) is 12.4 Å². The number of carbonyl (C=O) groups is 1. The first kappa shape index (κ1) is 20.4. The zero-order valence-corrected chi connectivity index (χ0v) is 17.2. The molecule has 2 aromatic rings. The van der Waals surface area contributed by atoms with Crippen molar-refractivity contribution in [3.63, 3.8) is 0 Å². The molecule has 1 N–H and O–H groups in total. The van der Waals surface area contributed by atoms with E-state index in [4.69, 9.17) is 16.3 Å². The van der Waals surface area contributed by atoms with Crippen LogP contribution in [0.15, 0.2) is 54.6 Å². The number of carbonyl (C=O) groups excluding carboxylic acids is 1. The minimum Gasteiger partial charge on any atom is -0.492 e. The van der Waals surface area contributed by atoms with Crippen LogP contribution in [0.3, 0.4) is 0 Å². The number of halogens is 1. The third-order valence-electron chi connectivity index (χ3n) is 4.83. The van der Waals surface area contributed by atoms with E-state index in [0.29, 0.717) is 6.61 Å². The maximum atomic E-state index is 11.7. The maximum absolute atomic E-state index is 11.7. The van der Waals surface area contributed by atoms with E-state index >= 15 is 0 Å². The summed E-state index contributed by atoms with van der Waals surface area (Å²) in [6.07, 6.45) is 3.32. The Morgan fingerprint density at radius 2 is 1.86 bits per heavy atom. The number of anilines is 1. The van der Waals surface area contributed by atoms with Gasteiger partial charge in [-0.25, -0.2) is 0 Å². The Bertz CT molecular complexity index is 814. The lowest BCUT2D eigenvalue weighted by Gasteiger charge is -2.26. The molecule has 0 fully saturated rings. The first-order valence-corrected chi connectivity index (χ1v) is 10.1. The van der Waals surface area contributed by atoms with Crippen molar-refractivity contribution < 1.29 is 9.53 Å². The van der Waals surface area contributed by atoms with Crippen LogP contribution < -0.4 is 10.1 Å². The van der Waals surface area contributed by atoms with Crippen molar-refractivity contribution >= 4 is 28.8 Å². The van der Waals surface area contributed by atoms with Crippen LogP contribution in [0.1, 0.15) is 25.8 Å². The minimum atomic E-state index is -0.0327. The van der Waals surface area contributed by atoms with Crippen molar-refractivity contribution in [1.82, 2.24) is 4.90 Å². The van der Waals surface area contributed by atoms with Crippen LogP contribution in [0.4, 0.5) is 5.69 Å². The summed E-state index contributed by atoms with van der Waals surface area (Å²) in [5, 5.41) is 3.65. The van der Waals surface area contributed by atoms with Gasteiger partial charge in [-0.1, -0.05) is 43.7 Å². The normalized spacial score (nSPS) is 14.6. The van der Waals surface area contributed by atoms with Crippen LogP contribution in [0, 0.1) is 5.92 Å². The van der Waals surface area contributed by atoms with Crippen molar-refractivity contribution in [2.45, 2.75) is 20.3 Å². The molecular weight excluding hydrogens is 372 g/mol. The fourth-order valence-corrected chi connectivity index (χ4v) is 3.18. The van der Waals surface area contributed by atoms with Crippen molar-refractivity contribution in [1.29, 1.82) is 0 Å². The Hall–Kier alpha value is -2.30. The van der Waals surface area contributed by atoms with Crippen LogP contribution in [-0.2, 0) is 4.79 Å². The van der Waals surface area contributed by atoms with Crippen molar-refractivity contribution in [3.8, 4) is 5.75 Å². The van der Waals surface area contributed by atoms with Crippen molar-refractivity contribution in [2.75, 3.05) is 31.6 Å². The van der Waals surface area contributed by atoms with Gasteiger partial charge < -0.3 is 10.1 Å². The molecule has 148 valence electrons. The van der Waals surface area contributed by atoms with E-state index in [1.54, 1.807) is 0 Å². The number of hydrogen-bond donors (Lipinski definition) is 1. The van der Waals surface area contributed by atoms with Gasteiger partial charge in [0.05, 0.1) is 0 Å². The third kappa shape index (κ3) is 5.85. The van der Waals surface area contributed by atoms with Crippen molar-refractivity contribution in [2.24, 2.45) is 5.92 Å². The van der Waals surface area contributed by atoms with E-state index in [2.05, 4.69) is 28.4 Å². The zero-order valence-electron chi connectivity index (χ0n) is 16.5. The average molecular weight is 399 g/mol. The van der Waals surface area contributed by atoms with Gasteiger partial charge in [-0.15, -0.1) is 0 Å². The van der Waals surface area contributed by atoms with E-state index in [1.807, 2.05) is 50.2 Å². The third-order valence-corrected chi connectivity index (χ3v) is 5.08. The van der Waals surface area contributed by atoms with E-state index in [1.165, 1.54) is 11.1 Å². The summed E-state index contributed by atoms with van der Waals surface area (Å²) < 4.78 is 5.85. The lowest BCUT2D eigenvalue weighted by atomic mass is 10.00. The molecular formula is C23H27ClN2O2. The molecule has 1 amide bonds. The molecule has 0 unspecified atom stereocenters. The van der Waals surface area contributed by atoms with Gasteiger partial charge in [0.2, 0.25) is 5.91 Å². The molecule has 0 spiro atoms. The van der Waals surface area contributed by atoms with Crippen LogP contribution in [0.25, 0.3) is 5.57 Å². The summed E-state index contributed by atoms with van der Waals surface area (Å²) in [5.41, 5.74) is 3.43. The summed E-state index contributed by atoms with van der Waals surface area (Å²) in [7, 11) is 0. The molecule has 0 saturated heterocycles. The van der Waals surface area contributed by atoms with Gasteiger partial charge in [0, 0.05) is 36.3 Å². The topological polar surface area (TPSA) is 41.6 Å². The van der Waals surface area contributed by atoms with Crippen molar-refractivity contribution in [3.05, 3.63) is 65.2 Å². The number of ether oxygens (including phenoxy) is 1. The number of benzene rings is 2. The molecule has 3 rings (SSSR count). The number of nitrogens with zero attached hydrogens (tertiary/aromatic N) is 1. The molecule has 1 aliphatic rings. The summed E-state index contributed by atoms with van der Waals surface area (Å²) in [6.45, 7) is 7.24. The van der Waals surface area contributed by atoms with Gasteiger partial charge >= 0.3 is 0 Å². The van der Waals surface area contributed by atoms with E-state index < -0.39 is 0 Å². The van der Waals surface area contributed by atoms with E-state index in [0.717, 1.165) is 42.5 Å². The Kier molecular flexibility index (Phi) is 7.12. The fraction of sp³-hybridized carbons (Fsp3) is 0.348. The first-order chi connectivity index (χ1) is 13.5. The highest BCUT2D eigenvalue weighted by atomic mass is 35.5. The first-order valence-electron chi connectivity index (χ1n) is 9.72. The molecule has 0 aromatic heterocycles. The molecule has 4 nitrogen and oxygen atoms in total. The molecule has 0 aliphatic carbocycles. The van der Waals surface area contributed by atoms with Gasteiger partial charge in [0.15, 0.2) is 0 Å². The Labute approximate surface area is 172 Å². The predicted molar refractivity (Wildman–Crippen MR) is 116 cm³/mol. The van der Waals surface area contributed by atoms with Crippen LogP contribution >= 0.6 is 11.6 Å². The molecule has 0 saturated carbocycles. The smallest absolute Gasteiger partial charge is 0.226 e. The second kappa shape index (κ2) is 9.76. The Balaban J connectivity index is 1.42. The zero-order chi connectivity index (χ0) is 19.9. The quantitative estimate of drug-likeness (QED) is 0.705. The predicted octanol–water partition coefficient (Wildman–Crippen LogP) is 5.10. The summed E-state index contributed by atoms with van der Waals surface area (Å²) in [5.74, 6) is 0.802. The van der Waals surface area contributed by atoms with Gasteiger partial charge in [0.25, 0.3) is 0 Å². The highest BCUT2D eigenvalue weighted by Gasteiger charge is 2.13. The van der Waals surface area contributed by atoms with E-state index in [-0.39, 0.29) is 11.8 Å². The SMILES string of the molecule is CC(C)C(=O)Nc1ccc(OCCN2CC=C(c3ccc(Cl)cc3)CC2)cc1. The standard InChI is InChI=1S/C23H27ClN2O2/c1-17(2)23(27)25-21-7-9-22(10-8-21)28-16-15-26-13-11-19(12-14-26)18-3-5-20(24)6-4-18/h3-11,17H,12-16H2,1-2H3,(H,25,27). The second-order valence-electron chi connectivity index (χ2n) is 7.30. The Morgan fingerprint density at radius 1 is 1.14 bits per heavy atom. The summed E-state index contributed by atoms with van der Waals surface area (Å²) in [6, 6.07) is 15.6. The number of hydrogen-bond acceptors (Lipinski definition) is 3.